The topological polar surface area (TPSA) is 69.9 Å². The fourth-order valence-corrected chi connectivity index (χ4v) is 8.67. The highest BCUT2D eigenvalue weighted by Gasteiger charge is 2.24. The molecule has 6 nitrogen and oxygen atoms in total. The zero-order valence-corrected chi connectivity index (χ0v) is 24.7. The highest BCUT2D eigenvalue weighted by molar-refractivity contribution is 7.99. The second-order valence-electron chi connectivity index (χ2n) is 9.96. The van der Waals surface area contributed by atoms with Gasteiger partial charge in [0.1, 0.15) is 32.6 Å². The molecule has 0 bridgehead atoms. The summed E-state index contributed by atoms with van der Waals surface area (Å²) in [5, 5.41) is 5.16. The number of rotatable bonds is 7. The number of hydrogen-bond donors (Lipinski definition) is 0. The van der Waals surface area contributed by atoms with Crippen LogP contribution in [0.5, 0.6) is 5.75 Å². The van der Waals surface area contributed by atoms with E-state index in [1.807, 2.05) is 24.3 Å². The summed E-state index contributed by atoms with van der Waals surface area (Å²) < 4.78 is 20.7. The monoisotopic (exact) mass is 600 g/mol. The van der Waals surface area contributed by atoms with Crippen molar-refractivity contribution in [2.24, 2.45) is 0 Å². The number of halogens is 1. The van der Waals surface area contributed by atoms with Gasteiger partial charge in [-0.3, -0.25) is 9.36 Å². The van der Waals surface area contributed by atoms with E-state index in [1.165, 1.54) is 34.3 Å². The average molecular weight is 601 g/mol. The van der Waals surface area contributed by atoms with Crippen LogP contribution in [-0.4, -0.2) is 26.6 Å². The smallest absolute Gasteiger partial charge is 0.263 e. The minimum atomic E-state index is -0.272. The van der Waals surface area contributed by atoms with Gasteiger partial charge in [0.25, 0.3) is 5.56 Å². The molecule has 6 aromatic rings. The molecule has 2 aromatic carbocycles. The molecule has 0 fully saturated rings. The molecule has 7 rings (SSSR count). The van der Waals surface area contributed by atoms with Gasteiger partial charge in [0.15, 0.2) is 5.16 Å². The van der Waals surface area contributed by atoms with Crippen LogP contribution in [-0.2, 0) is 25.8 Å². The van der Waals surface area contributed by atoms with E-state index in [-0.39, 0.29) is 11.4 Å². The molecular weight excluding hydrogens is 576 g/mol. The molecule has 0 unspecified atom stereocenters. The summed E-state index contributed by atoms with van der Waals surface area (Å²) in [4.78, 5) is 31.4. The molecule has 0 radical (unpaired) electrons. The number of benzene rings is 2. The van der Waals surface area contributed by atoms with E-state index in [2.05, 4.69) is 15.3 Å². The zero-order valence-electron chi connectivity index (χ0n) is 22.2. The molecule has 206 valence electrons. The molecule has 4 heterocycles. The third kappa shape index (κ3) is 4.94. The highest BCUT2D eigenvalue weighted by Crippen LogP contribution is 2.41. The minimum Gasteiger partial charge on any atom is -0.497 e. The highest BCUT2D eigenvalue weighted by atomic mass is 32.2. The molecule has 0 amide bonds. The van der Waals surface area contributed by atoms with Crippen LogP contribution in [0.4, 0.5) is 4.39 Å². The minimum absolute atomic E-state index is 0.00925. The molecule has 10 heteroatoms. The number of thiophene rings is 2. The van der Waals surface area contributed by atoms with Gasteiger partial charge in [-0.05, 0) is 84.8 Å². The van der Waals surface area contributed by atoms with Crippen molar-refractivity contribution in [3.8, 4) is 16.9 Å². The van der Waals surface area contributed by atoms with Gasteiger partial charge in [0.2, 0.25) is 0 Å². The van der Waals surface area contributed by atoms with E-state index in [4.69, 9.17) is 9.72 Å². The number of aromatic nitrogens is 4. The maximum Gasteiger partial charge on any atom is 0.263 e. The first-order valence-corrected chi connectivity index (χ1v) is 15.9. The first kappa shape index (κ1) is 26.3. The second kappa shape index (κ2) is 11.0. The van der Waals surface area contributed by atoms with Crippen molar-refractivity contribution in [2.45, 2.75) is 48.8 Å². The molecule has 0 saturated carbocycles. The van der Waals surface area contributed by atoms with E-state index >= 15 is 0 Å². The summed E-state index contributed by atoms with van der Waals surface area (Å²) in [7, 11) is 1.65. The van der Waals surface area contributed by atoms with Crippen LogP contribution in [0.3, 0.4) is 0 Å². The van der Waals surface area contributed by atoms with Gasteiger partial charge >= 0.3 is 0 Å². The SMILES string of the molecule is COc1ccc(-c2csc3ncnc(Sc4nc5sc6c(c5c(=O)n4CCc4ccc(F)cc4)CCCC6)c23)cc1. The quantitative estimate of drug-likeness (QED) is 0.139. The van der Waals surface area contributed by atoms with E-state index < -0.39 is 0 Å². The van der Waals surface area contributed by atoms with Crippen molar-refractivity contribution < 1.29 is 9.13 Å². The summed E-state index contributed by atoms with van der Waals surface area (Å²) in [6.45, 7) is 0.434. The van der Waals surface area contributed by atoms with Crippen molar-refractivity contribution in [3.63, 3.8) is 0 Å². The third-order valence-electron chi connectivity index (χ3n) is 7.50. The molecule has 0 saturated heterocycles. The Labute approximate surface area is 247 Å². The predicted molar refractivity (Wildman–Crippen MR) is 164 cm³/mol. The number of fused-ring (bicyclic) bond motifs is 4. The molecule has 1 aliphatic carbocycles. The first-order chi connectivity index (χ1) is 20.1. The fraction of sp³-hybridized carbons (Fsp3) is 0.226. The molecule has 0 N–H and O–H groups in total. The maximum absolute atomic E-state index is 14.1. The Kier molecular flexibility index (Phi) is 7.06. The number of nitrogens with zero attached hydrogens (tertiary/aromatic N) is 4. The number of hydrogen-bond acceptors (Lipinski definition) is 8. The maximum atomic E-state index is 14.1. The number of methoxy groups -OCH3 is 1. The Hall–Kier alpha value is -3.60. The van der Waals surface area contributed by atoms with Gasteiger partial charge in [-0.15, -0.1) is 22.7 Å². The van der Waals surface area contributed by atoms with E-state index in [9.17, 15) is 9.18 Å². The summed E-state index contributed by atoms with van der Waals surface area (Å²) >= 11 is 4.62. The van der Waals surface area contributed by atoms with Gasteiger partial charge in [-0.25, -0.2) is 19.3 Å². The Morgan fingerprint density at radius 2 is 1.80 bits per heavy atom. The third-order valence-corrected chi connectivity index (χ3v) is 10.6. The first-order valence-electron chi connectivity index (χ1n) is 13.4. The Morgan fingerprint density at radius 1 is 1.00 bits per heavy atom. The van der Waals surface area contributed by atoms with Crippen LogP contribution in [0.2, 0.25) is 0 Å². The van der Waals surface area contributed by atoms with Crippen molar-refractivity contribution in [1.29, 1.82) is 0 Å². The second-order valence-corrected chi connectivity index (χ2v) is 12.9. The van der Waals surface area contributed by atoms with Crippen molar-refractivity contribution in [3.05, 3.63) is 92.4 Å². The lowest BCUT2D eigenvalue weighted by Gasteiger charge is -2.14. The van der Waals surface area contributed by atoms with Crippen LogP contribution < -0.4 is 10.3 Å². The van der Waals surface area contributed by atoms with Gasteiger partial charge in [-0.2, -0.15) is 0 Å². The molecule has 1 aliphatic rings. The molecule has 0 spiro atoms. The summed E-state index contributed by atoms with van der Waals surface area (Å²) in [6, 6.07) is 14.4. The van der Waals surface area contributed by atoms with Crippen LogP contribution in [0, 0.1) is 5.82 Å². The Balaban J connectivity index is 1.35. The summed E-state index contributed by atoms with van der Waals surface area (Å²) in [5.41, 5.74) is 4.20. The van der Waals surface area contributed by atoms with Crippen molar-refractivity contribution >= 4 is 54.9 Å². The lowest BCUT2D eigenvalue weighted by Crippen LogP contribution is -2.24. The predicted octanol–water partition coefficient (Wildman–Crippen LogP) is 7.55. The summed E-state index contributed by atoms with van der Waals surface area (Å²) in [6.07, 6.45) is 6.31. The van der Waals surface area contributed by atoms with Crippen LogP contribution in [0.15, 0.2) is 75.2 Å². The Morgan fingerprint density at radius 3 is 2.61 bits per heavy atom. The lowest BCUT2D eigenvalue weighted by molar-refractivity contribution is 0.415. The lowest BCUT2D eigenvalue weighted by atomic mass is 9.97. The van der Waals surface area contributed by atoms with E-state index in [0.717, 1.165) is 73.6 Å². The van der Waals surface area contributed by atoms with Crippen LogP contribution >= 0.6 is 34.4 Å². The van der Waals surface area contributed by atoms with E-state index in [0.29, 0.717) is 18.1 Å². The molecule has 0 aliphatic heterocycles. The van der Waals surface area contributed by atoms with Crippen molar-refractivity contribution in [1.82, 2.24) is 19.5 Å². The van der Waals surface area contributed by atoms with E-state index in [1.54, 1.807) is 52.8 Å². The number of ether oxygens (including phenoxy) is 1. The molecule has 0 atom stereocenters. The normalized spacial score (nSPS) is 13.1. The van der Waals surface area contributed by atoms with Gasteiger partial charge < -0.3 is 4.74 Å². The zero-order chi connectivity index (χ0) is 27.9. The fourth-order valence-electron chi connectivity index (χ4n) is 5.38. The number of aryl methyl sites for hydroxylation is 3. The van der Waals surface area contributed by atoms with Crippen LogP contribution in [0.25, 0.3) is 31.6 Å². The average Bonchev–Trinajstić information content (AvgIpc) is 3.60. The van der Waals surface area contributed by atoms with Gasteiger partial charge in [0, 0.05) is 22.4 Å². The summed E-state index contributed by atoms with van der Waals surface area (Å²) in [5.74, 6) is 0.520. The van der Waals surface area contributed by atoms with Gasteiger partial charge in [0.05, 0.1) is 17.9 Å². The van der Waals surface area contributed by atoms with Crippen molar-refractivity contribution in [2.75, 3.05) is 7.11 Å². The standard InChI is InChI=1S/C31H25FN4O2S3/c1-38-21-12-8-19(9-13-21)23-16-39-27-25(23)28(34-17-33-27)41-31-35-29-26(22-4-2-3-5-24(22)40-29)30(37)36(31)15-14-18-6-10-20(32)11-7-18/h6-13,16-17H,2-5,14-15H2,1H3. The van der Waals surface area contributed by atoms with Gasteiger partial charge in [-0.1, -0.05) is 24.3 Å². The largest absolute Gasteiger partial charge is 0.497 e. The molecule has 4 aromatic heterocycles. The molecular formula is C31H25FN4O2S3. The van der Waals surface area contributed by atoms with Crippen LogP contribution in [0.1, 0.15) is 28.8 Å². The molecule has 41 heavy (non-hydrogen) atoms. The Bertz CT molecular complexity index is 1950.